The fourth-order valence-corrected chi connectivity index (χ4v) is 3.78. The second kappa shape index (κ2) is 7.08. The monoisotopic (exact) mass is 333 g/mol. The molecule has 6 heteroatoms. The van der Waals surface area contributed by atoms with Gasteiger partial charge in [0.2, 0.25) is 0 Å². The van der Waals surface area contributed by atoms with E-state index in [2.05, 4.69) is 22.2 Å². The number of hydrogen-bond donors (Lipinski definition) is 2. The highest BCUT2D eigenvalue weighted by Crippen LogP contribution is 2.21. The van der Waals surface area contributed by atoms with Crippen molar-refractivity contribution < 1.29 is 9.59 Å². The lowest BCUT2D eigenvalue weighted by molar-refractivity contribution is 0.0950. The Balaban J connectivity index is 2.13. The summed E-state index contributed by atoms with van der Waals surface area (Å²) in [6.45, 7) is 9.67. The zero-order valence-electron chi connectivity index (χ0n) is 14.3. The van der Waals surface area contributed by atoms with Gasteiger partial charge >= 0.3 is 0 Å². The zero-order chi connectivity index (χ0) is 17.1. The molecule has 2 aromatic heterocycles. The minimum absolute atomic E-state index is 0.0628. The SMILES string of the molecule is CCCc1nc(C)c(CNC(=O)c2c(C)[nH]c(C(C)=O)c2C)s1. The van der Waals surface area contributed by atoms with Crippen LogP contribution in [0, 0.1) is 20.8 Å². The highest BCUT2D eigenvalue weighted by Gasteiger charge is 2.20. The smallest absolute Gasteiger partial charge is 0.253 e. The van der Waals surface area contributed by atoms with Crippen LogP contribution in [0.15, 0.2) is 0 Å². The Morgan fingerprint density at radius 2 is 1.96 bits per heavy atom. The van der Waals surface area contributed by atoms with Crippen LogP contribution in [0.3, 0.4) is 0 Å². The molecule has 1 amide bonds. The predicted molar refractivity (Wildman–Crippen MR) is 92.3 cm³/mol. The number of hydrogen-bond acceptors (Lipinski definition) is 4. The van der Waals surface area contributed by atoms with Crippen molar-refractivity contribution in [2.75, 3.05) is 0 Å². The van der Waals surface area contributed by atoms with Gasteiger partial charge in [-0.25, -0.2) is 4.98 Å². The number of rotatable bonds is 6. The summed E-state index contributed by atoms with van der Waals surface area (Å²) in [7, 11) is 0. The predicted octanol–water partition coefficient (Wildman–Crippen LogP) is 3.48. The Hall–Kier alpha value is -1.95. The summed E-state index contributed by atoms with van der Waals surface area (Å²) in [4.78, 5) is 32.7. The van der Waals surface area contributed by atoms with E-state index in [0.29, 0.717) is 23.4 Å². The second-order valence-corrected chi connectivity index (χ2v) is 6.90. The number of Topliss-reactive ketones (excluding diaryl/α,β-unsaturated/α-hetero) is 1. The number of aryl methyl sites for hydroxylation is 3. The first-order valence-corrected chi connectivity index (χ1v) is 8.60. The number of thiazole rings is 1. The molecule has 0 aliphatic heterocycles. The molecule has 0 aliphatic rings. The minimum atomic E-state index is -0.159. The van der Waals surface area contributed by atoms with Crippen molar-refractivity contribution in [3.8, 4) is 0 Å². The molecule has 0 aliphatic carbocycles. The van der Waals surface area contributed by atoms with E-state index in [1.807, 2.05) is 13.8 Å². The average Bonchev–Trinajstić information content (AvgIpc) is 2.97. The zero-order valence-corrected chi connectivity index (χ0v) is 15.1. The molecule has 0 saturated heterocycles. The normalized spacial score (nSPS) is 10.8. The molecule has 2 rings (SSSR count). The number of carbonyl (C=O) groups is 2. The molecule has 0 atom stereocenters. The van der Waals surface area contributed by atoms with Crippen LogP contribution in [0.25, 0.3) is 0 Å². The quantitative estimate of drug-likeness (QED) is 0.795. The van der Waals surface area contributed by atoms with Crippen LogP contribution in [0.4, 0.5) is 0 Å². The van der Waals surface area contributed by atoms with E-state index >= 15 is 0 Å². The van der Waals surface area contributed by atoms with E-state index in [1.54, 1.807) is 18.3 Å². The maximum Gasteiger partial charge on any atom is 0.253 e. The van der Waals surface area contributed by atoms with Crippen LogP contribution in [-0.4, -0.2) is 21.7 Å². The van der Waals surface area contributed by atoms with Crippen molar-refractivity contribution in [3.05, 3.63) is 38.1 Å². The molecular formula is C17H23N3O2S. The lowest BCUT2D eigenvalue weighted by atomic mass is 10.1. The van der Waals surface area contributed by atoms with Crippen molar-refractivity contribution >= 4 is 23.0 Å². The van der Waals surface area contributed by atoms with Gasteiger partial charge in [-0.05, 0) is 39.2 Å². The fraction of sp³-hybridized carbons (Fsp3) is 0.471. The highest BCUT2D eigenvalue weighted by atomic mass is 32.1. The molecule has 0 unspecified atom stereocenters. The molecule has 124 valence electrons. The summed E-state index contributed by atoms with van der Waals surface area (Å²) in [5.41, 5.74) is 3.47. The van der Waals surface area contributed by atoms with E-state index in [1.165, 1.54) is 6.92 Å². The number of H-pyrrole nitrogens is 1. The Bertz CT molecular complexity index is 743. The van der Waals surface area contributed by atoms with Crippen LogP contribution in [0.5, 0.6) is 0 Å². The largest absolute Gasteiger partial charge is 0.355 e. The summed E-state index contributed by atoms with van der Waals surface area (Å²) < 4.78 is 0. The molecule has 5 nitrogen and oxygen atoms in total. The lowest BCUT2D eigenvalue weighted by Gasteiger charge is -2.05. The van der Waals surface area contributed by atoms with E-state index in [-0.39, 0.29) is 11.7 Å². The molecule has 23 heavy (non-hydrogen) atoms. The van der Waals surface area contributed by atoms with Crippen molar-refractivity contribution in [2.24, 2.45) is 0 Å². The van der Waals surface area contributed by atoms with Gasteiger partial charge in [0.1, 0.15) is 0 Å². The first-order chi connectivity index (χ1) is 10.8. The number of aromatic amines is 1. The summed E-state index contributed by atoms with van der Waals surface area (Å²) >= 11 is 1.65. The molecule has 2 N–H and O–H groups in total. The van der Waals surface area contributed by atoms with Gasteiger partial charge in [-0.15, -0.1) is 11.3 Å². The number of aromatic nitrogens is 2. The van der Waals surface area contributed by atoms with Gasteiger partial charge in [0.05, 0.1) is 28.5 Å². The summed E-state index contributed by atoms with van der Waals surface area (Å²) in [5, 5.41) is 4.06. The first kappa shape index (κ1) is 17.4. The molecule has 0 saturated carbocycles. The van der Waals surface area contributed by atoms with Gasteiger partial charge < -0.3 is 10.3 Å². The standard InChI is InChI=1S/C17H23N3O2S/c1-6-7-14-19-10(3)13(23-14)8-18-17(22)15-9(2)16(12(5)21)20-11(15)4/h20H,6-8H2,1-5H3,(H,18,22). The van der Waals surface area contributed by atoms with Gasteiger partial charge in [0.25, 0.3) is 5.91 Å². The van der Waals surface area contributed by atoms with Crippen LogP contribution in [0.2, 0.25) is 0 Å². The Morgan fingerprint density at radius 3 is 2.52 bits per heavy atom. The molecular weight excluding hydrogens is 310 g/mol. The fourth-order valence-electron chi connectivity index (χ4n) is 2.66. The number of carbonyl (C=O) groups excluding carboxylic acids is 2. The maximum atomic E-state index is 12.5. The van der Waals surface area contributed by atoms with Crippen molar-refractivity contribution in [1.29, 1.82) is 0 Å². The van der Waals surface area contributed by atoms with Gasteiger partial charge in [-0.2, -0.15) is 0 Å². The summed E-state index contributed by atoms with van der Waals surface area (Å²) in [6, 6.07) is 0. The topological polar surface area (TPSA) is 74.8 Å². The van der Waals surface area contributed by atoms with Crippen LogP contribution in [0.1, 0.15) is 68.0 Å². The molecule has 0 bridgehead atoms. The third-order valence-electron chi connectivity index (χ3n) is 3.83. The molecule has 0 radical (unpaired) electrons. The van der Waals surface area contributed by atoms with E-state index in [9.17, 15) is 9.59 Å². The summed E-state index contributed by atoms with van der Waals surface area (Å²) in [5.74, 6) is -0.222. The van der Waals surface area contributed by atoms with Crippen LogP contribution < -0.4 is 5.32 Å². The minimum Gasteiger partial charge on any atom is -0.355 e. The molecule has 0 fully saturated rings. The number of amides is 1. The number of nitrogens with zero attached hydrogens (tertiary/aromatic N) is 1. The molecule has 2 aromatic rings. The van der Waals surface area contributed by atoms with E-state index < -0.39 is 0 Å². The summed E-state index contributed by atoms with van der Waals surface area (Å²) in [6.07, 6.45) is 2.03. The lowest BCUT2D eigenvalue weighted by Crippen LogP contribution is -2.23. The van der Waals surface area contributed by atoms with Gasteiger partial charge in [0.15, 0.2) is 5.78 Å². The Morgan fingerprint density at radius 1 is 1.26 bits per heavy atom. The number of nitrogens with one attached hydrogen (secondary N) is 2. The molecule has 2 heterocycles. The third-order valence-corrected chi connectivity index (χ3v) is 5.04. The number of ketones is 1. The van der Waals surface area contributed by atoms with E-state index in [0.717, 1.165) is 34.1 Å². The van der Waals surface area contributed by atoms with Gasteiger partial charge in [0, 0.05) is 17.5 Å². The molecule has 0 aromatic carbocycles. The maximum absolute atomic E-state index is 12.5. The Labute approximate surface area is 140 Å². The first-order valence-electron chi connectivity index (χ1n) is 7.78. The van der Waals surface area contributed by atoms with Gasteiger partial charge in [-0.3, -0.25) is 9.59 Å². The van der Waals surface area contributed by atoms with Crippen LogP contribution in [-0.2, 0) is 13.0 Å². The van der Waals surface area contributed by atoms with E-state index in [4.69, 9.17) is 0 Å². The third kappa shape index (κ3) is 3.69. The second-order valence-electron chi connectivity index (χ2n) is 5.73. The van der Waals surface area contributed by atoms with Crippen LogP contribution >= 0.6 is 11.3 Å². The van der Waals surface area contributed by atoms with Crippen molar-refractivity contribution in [1.82, 2.24) is 15.3 Å². The van der Waals surface area contributed by atoms with Gasteiger partial charge in [-0.1, -0.05) is 6.92 Å². The average molecular weight is 333 g/mol. The molecule has 0 spiro atoms. The highest BCUT2D eigenvalue weighted by molar-refractivity contribution is 7.11. The van der Waals surface area contributed by atoms with Crippen molar-refractivity contribution in [2.45, 2.75) is 54.0 Å². The Kier molecular flexibility index (Phi) is 5.36. The van der Waals surface area contributed by atoms with Crippen molar-refractivity contribution in [3.63, 3.8) is 0 Å².